The molecule has 2 aromatic heterocycles. The summed E-state index contributed by atoms with van der Waals surface area (Å²) in [5, 5.41) is 5.54. The van der Waals surface area contributed by atoms with Crippen LogP contribution in [0.5, 0.6) is 5.75 Å². The van der Waals surface area contributed by atoms with E-state index < -0.39 is 46.7 Å². The number of nitrogens with one attached hydrogen (secondary N) is 1. The Kier molecular flexibility index (Phi) is 10.8. The van der Waals surface area contributed by atoms with Gasteiger partial charge in [-0.3, -0.25) is 5.01 Å². The molecule has 12 nitrogen and oxygen atoms in total. The van der Waals surface area contributed by atoms with Gasteiger partial charge in [0.15, 0.2) is 23.5 Å². The molecular weight excluding hydrogens is 667 g/mol. The molecule has 2 atom stereocenters. The van der Waals surface area contributed by atoms with Crippen LogP contribution < -0.4 is 4.74 Å². The summed E-state index contributed by atoms with van der Waals surface area (Å²) in [4.78, 5) is 28.8. The second kappa shape index (κ2) is 15.0. The van der Waals surface area contributed by atoms with Crippen molar-refractivity contribution in [1.29, 1.82) is 0 Å². The standard InChI is InChI=1S/C30H27F5N6O6S/c1-2-9-45-18-7-8-19(21(12-18)30(33,34)35)27-36-13-17(14-37-27)26(29(42)46-10-4-11-47-48(43)44)41-16-24-23(15-38-41)39-28(40-24)20-5-3-6-22(31)25(20)32/h3,5-8,12-15,26H,2,4,9-11,16H2,1H3,(H,39,40)(H,43,44)/p-1. The fourth-order valence-electron chi connectivity index (χ4n) is 4.70. The summed E-state index contributed by atoms with van der Waals surface area (Å²) in [6.45, 7) is 1.43. The largest absolute Gasteiger partial charge is 0.750 e. The normalized spacial score (nSPS) is 14.0. The van der Waals surface area contributed by atoms with Crippen LogP contribution in [0.1, 0.15) is 48.3 Å². The van der Waals surface area contributed by atoms with E-state index >= 15 is 0 Å². The first kappa shape index (κ1) is 34.5. The van der Waals surface area contributed by atoms with Gasteiger partial charge in [-0.25, -0.2) is 32.7 Å². The molecule has 0 saturated heterocycles. The van der Waals surface area contributed by atoms with Crippen molar-refractivity contribution in [3.05, 3.63) is 82.9 Å². The number of H-pyrrole nitrogens is 1. The zero-order valence-electron chi connectivity index (χ0n) is 25.0. The average Bonchev–Trinajstić information content (AvgIpc) is 3.48. The van der Waals surface area contributed by atoms with E-state index in [1.165, 1.54) is 35.5 Å². The van der Waals surface area contributed by atoms with Crippen LogP contribution in [-0.4, -0.2) is 65.7 Å². The van der Waals surface area contributed by atoms with Gasteiger partial charge in [-0.1, -0.05) is 13.0 Å². The Bertz CT molecular complexity index is 1820. The van der Waals surface area contributed by atoms with E-state index in [1.807, 2.05) is 6.92 Å². The van der Waals surface area contributed by atoms with Crippen LogP contribution in [0, 0.1) is 11.6 Å². The number of imidazole rings is 1. The van der Waals surface area contributed by atoms with Gasteiger partial charge in [-0.15, -0.1) is 0 Å². The van der Waals surface area contributed by atoms with Gasteiger partial charge in [-0.05, 0) is 36.8 Å². The van der Waals surface area contributed by atoms with Crippen LogP contribution in [0.4, 0.5) is 22.0 Å². The molecule has 2 unspecified atom stereocenters. The Hall–Kier alpha value is -4.81. The molecule has 254 valence electrons. The lowest BCUT2D eigenvalue weighted by Gasteiger charge is -2.29. The summed E-state index contributed by atoms with van der Waals surface area (Å²) >= 11 is -2.75. The van der Waals surface area contributed by atoms with Crippen molar-refractivity contribution in [1.82, 2.24) is 24.9 Å². The van der Waals surface area contributed by atoms with Gasteiger partial charge in [0.2, 0.25) is 0 Å². The highest BCUT2D eigenvalue weighted by molar-refractivity contribution is 7.74. The molecule has 4 aromatic rings. The van der Waals surface area contributed by atoms with Crippen LogP contribution in [0.3, 0.4) is 0 Å². The lowest BCUT2D eigenvalue weighted by atomic mass is 10.0. The van der Waals surface area contributed by atoms with Gasteiger partial charge >= 0.3 is 12.1 Å². The zero-order valence-corrected chi connectivity index (χ0v) is 25.8. The topological polar surface area (TPSA) is 155 Å². The molecule has 18 heteroatoms. The third-order valence-electron chi connectivity index (χ3n) is 6.90. The molecule has 2 aromatic carbocycles. The van der Waals surface area contributed by atoms with E-state index in [9.17, 15) is 35.5 Å². The number of halogens is 5. The zero-order chi connectivity index (χ0) is 34.4. The number of hydrazone groups is 1. The van der Waals surface area contributed by atoms with E-state index in [-0.39, 0.29) is 72.6 Å². The van der Waals surface area contributed by atoms with Gasteiger partial charge in [0, 0.05) is 29.9 Å². The van der Waals surface area contributed by atoms with Crippen LogP contribution in [0.2, 0.25) is 0 Å². The number of alkyl halides is 3. The predicted molar refractivity (Wildman–Crippen MR) is 159 cm³/mol. The molecule has 48 heavy (non-hydrogen) atoms. The first-order valence-corrected chi connectivity index (χ1v) is 15.4. The second-order valence-electron chi connectivity index (χ2n) is 10.2. The molecule has 0 fully saturated rings. The Labute approximate surface area is 272 Å². The summed E-state index contributed by atoms with van der Waals surface area (Å²) < 4.78 is 107. The highest BCUT2D eigenvalue weighted by atomic mass is 32.2. The van der Waals surface area contributed by atoms with Crippen LogP contribution in [0.15, 0.2) is 53.9 Å². The maximum Gasteiger partial charge on any atom is 0.417 e. The number of ether oxygens (including phenoxy) is 2. The first-order chi connectivity index (χ1) is 23.0. The van der Waals surface area contributed by atoms with E-state index in [1.54, 1.807) is 0 Å². The fourth-order valence-corrected chi connectivity index (χ4v) is 4.96. The molecule has 1 N–H and O–H groups in total. The number of benzene rings is 2. The summed E-state index contributed by atoms with van der Waals surface area (Å²) in [5.41, 5.74) is -0.702. The molecule has 0 aliphatic carbocycles. The van der Waals surface area contributed by atoms with Crippen LogP contribution in [-0.2, 0) is 37.8 Å². The quantitative estimate of drug-likeness (QED) is 0.0850. The summed E-state index contributed by atoms with van der Waals surface area (Å²) in [7, 11) is 0. The molecule has 0 radical (unpaired) electrons. The first-order valence-electron chi connectivity index (χ1n) is 14.4. The number of hydrogen-bond donors (Lipinski definition) is 1. The molecule has 0 bridgehead atoms. The average molecular weight is 694 g/mol. The Morgan fingerprint density at radius 1 is 1.10 bits per heavy atom. The van der Waals surface area contributed by atoms with E-state index in [0.717, 1.165) is 24.5 Å². The van der Waals surface area contributed by atoms with Gasteiger partial charge in [0.25, 0.3) is 0 Å². The minimum absolute atomic E-state index is 0.0134. The SMILES string of the molecule is CCCOc1ccc(-c2ncc(C(C(=O)OCCCOS(=O)[O-])N3Cc4[nH]c(-c5cccc(F)c5F)nc4C=N3)cn2)c(C(F)(F)F)c1. The van der Waals surface area contributed by atoms with E-state index in [4.69, 9.17) is 9.47 Å². The third-order valence-corrected chi connectivity index (χ3v) is 7.26. The van der Waals surface area contributed by atoms with Crippen molar-refractivity contribution in [2.24, 2.45) is 5.10 Å². The highest BCUT2D eigenvalue weighted by Gasteiger charge is 2.36. The maximum absolute atomic E-state index is 14.5. The maximum atomic E-state index is 14.5. The number of aromatic amines is 1. The number of nitrogens with zero attached hydrogens (tertiary/aromatic N) is 5. The van der Waals surface area contributed by atoms with Gasteiger partial charge in [0.05, 0.1) is 60.8 Å². The van der Waals surface area contributed by atoms with E-state index in [0.29, 0.717) is 12.1 Å². The van der Waals surface area contributed by atoms with Crippen LogP contribution in [0.25, 0.3) is 22.8 Å². The molecule has 3 heterocycles. The summed E-state index contributed by atoms with van der Waals surface area (Å²) in [5.74, 6) is -3.29. The van der Waals surface area contributed by atoms with Crippen molar-refractivity contribution in [3.63, 3.8) is 0 Å². The molecule has 5 rings (SSSR count). The number of fused-ring (bicyclic) bond motifs is 1. The Balaban J connectivity index is 1.43. The Morgan fingerprint density at radius 3 is 2.58 bits per heavy atom. The Morgan fingerprint density at radius 2 is 1.88 bits per heavy atom. The van der Waals surface area contributed by atoms with Crippen molar-refractivity contribution in [3.8, 4) is 28.5 Å². The van der Waals surface area contributed by atoms with Gasteiger partial charge in [-0.2, -0.15) is 18.3 Å². The fraction of sp³-hybridized carbons (Fsp3) is 0.300. The molecule has 1 aliphatic heterocycles. The van der Waals surface area contributed by atoms with Crippen molar-refractivity contribution < 1.29 is 49.2 Å². The van der Waals surface area contributed by atoms with Crippen molar-refractivity contribution in [2.75, 3.05) is 19.8 Å². The van der Waals surface area contributed by atoms with Gasteiger partial charge in [0.1, 0.15) is 17.3 Å². The molecule has 0 amide bonds. The summed E-state index contributed by atoms with van der Waals surface area (Å²) in [6.07, 6.45) is -0.537. The lowest BCUT2D eigenvalue weighted by molar-refractivity contribution is -0.151. The highest BCUT2D eigenvalue weighted by Crippen LogP contribution is 2.38. The van der Waals surface area contributed by atoms with Crippen molar-refractivity contribution >= 4 is 23.5 Å². The van der Waals surface area contributed by atoms with E-state index in [2.05, 4.69) is 29.2 Å². The number of rotatable bonds is 13. The predicted octanol–water partition coefficient (Wildman–Crippen LogP) is 5.25. The molecule has 1 aliphatic rings. The third kappa shape index (κ3) is 8.00. The molecule has 0 saturated carbocycles. The van der Waals surface area contributed by atoms with Gasteiger partial charge < -0.3 is 23.2 Å². The molecule has 0 spiro atoms. The second-order valence-corrected chi connectivity index (χ2v) is 10.9. The molecular formula is C30H26F5N6O6S-. The number of esters is 1. The summed E-state index contributed by atoms with van der Waals surface area (Å²) in [6, 6.07) is 5.70. The van der Waals surface area contributed by atoms with Crippen LogP contribution >= 0.6 is 0 Å². The number of aromatic nitrogens is 4. The smallest absolute Gasteiger partial charge is 0.417 e. The minimum Gasteiger partial charge on any atom is -0.750 e. The number of carbonyl (C=O) groups excluding carboxylic acids is 1. The van der Waals surface area contributed by atoms with Crippen molar-refractivity contribution in [2.45, 2.75) is 38.5 Å². The number of carbonyl (C=O) groups is 1. The monoisotopic (exact) mass is 693 g/mol. The minimum atomic E-state index is -4.75. The lowest BCUT2D eigenvalue weighted by Crippen LogP contribution is -2.34. The number of hydrogen-bond acceptors (Lipinski definition) is 11.